The normalized spacial score (nSPS) is 12.9. The predicted molar refractivity (Wildman–Crippen MR) is 99.4 cm³/mol. The highest BCUT2D eigenvalue weighted by atomic mass is 19.4. The molecule has 3 N–H and O–H groups in total. The molecule has 4 aromatic rings. The third-order valence-corrected chi connectivity index (χ3v) is 4.12. The van der Waals surface area contributed by atoms with Crippen LogP contribution in [-0.2, 0) is 13.2 Å². The second kappa shape index (κ2) is 7.24. The summed E-state index contributed by atoms with van der Waals surface area (Å²) in [6, 6.07) is 0.388. The molecule has 0 aliphatic heterocycles. The quantitative estimate of drug-likeness (QED) is 0.423. The minimum atomic E-state index is -4.58. The van der Waals surface area contributed by atoms with Gasteiger partial charge in [-0.05, 0) is 13.0 Å². The summed E-state index contributed by atoms with van der Waals surface area (Å²) in [5.74, 6) is 0.226. The van der Waals surface area contributed by atoms with E-state index in [1.165, 1.54) is 6.33 Å². The van der Waals surface area contributed by atoms with Crippen LogP contribution in [0.4, 0.5) is 35.1 Å². The van der Waals surface area contributed by atoms with Crippen LogP contribution in [0.2, 0.25) is 0 Å². The SMILES string of the molecule is CC(Nc1nc(Nc2cn(C)cn2)c2cc(C(F)(F)F)[nH]c2n1)c1ncc(F)cn1. The second-order valence-corrected chi connectivity index (χ2v) is 6.51. The highest BCUT2D eigenvalue weighted by Crippen LogP contribution is 2.34. The van der Waals surface area contributed by atoms with Crippen LogP contribution in [-0.4, -0.2) is 34.5 Å². The average Bonchev–Trinajstić information content (AvgIpc) is 3.28. The first-order valence-electron chi connectivity index (χ1n) is 8.66. The summed E-state index contributed by atoms with van der Waals surface area (Å²) in [5, 5.41) is 5.96. The zero-order valence-electron chi connectivity index (χ0n) is 15.7. The Hall–Kier alpha value is -3.77. The summed E-state index contributed by atoms with van der Waals surface area (Å²) in [6.45, 7) is 1.68. The maximum atomic E-state index is 13.2. The molecule has 0 radical (unpaired) electrons. The molecule has 30 heavy (non-hydrogen) atoms. The van der Waals surface area contributed by atoms with Gasteiger partial charge in [-0.2, -0.15) is 23.1 Å². The van der Waals surface area contributed by atoms with Gasteiger partial charge >= 0.3 is 6.18 Å². The lowest BCUT2D eigenvalue weighted by Crippen LogP contribution is -2.13. The third kappa shape index (κ3) is 3.99. The Kier molecular flexibility index (Phi) is 4.72. The molecular formula is C17H15F4N9. The summed E-state index contributed by atoms with van der Waals surface area (Å²) in [7, 11) is 1.75. The Morgan fingerprint density at radius 3 is 2.50 bits per heavy atom. The molecule has 4 heterocycles. The van der Waals surface area contributed by atoms with E-state index < -0.39 is 23.7 Å². The lowest BCUT2D eigenvalue weighted by Gasteiger charge is -2.13. The molecule has 0 saturated heterocycles. The third-order valence-electron chi connectivity index (χ3n) is 4.12. The first kappa shape index (κ1) is 19.5. The highest BCUT2D eigenvalue weighted by Gasteiger charge is 2.33. The molecule has 9 nitrogen and oxygen atoms in total. The Labute approximate surface area is 166 Å². The number of nitrogens with zero attached hydrogens (tertiary/aromatic N) is 6. The number of alkyl halides is 3. The predicted octanol–water partition coefficient (Wildman–Crippen LogP) is 3.56. The number of halogens is 4. The molecule has 13 heteroatoms. The number of H-pyrrole nitrogens is 1. The van der Waals surface area contributed by atoms with Crippen molar-refractivity contribution in [1.29, 1.82) is 0 Å². The molecule has 1 atom stereocenters. The largest absolute Gasteiger partial charge is 0.431 e. The van der Waals surface area contributed by atoms with Crippen molar-refractivity contribution >= 4 is 28.6 Å². The molecule has 0 amide bonds. The molecule has 4 aromatic heterocycles. The maximum absolute atomic E-state index is 13.2. The zero-order valence-corrected chi connectivity index (χ0v) is 15.7. The van der Waals surface area contributed by atoms with Crippen molar-refractivity contribution in [1.82, 2.24) is 34.5 Å². The van der Waals surface area contributed by atoms with E-state index in [-0.39, 0.29) is 28.6 Å². The number of nitrogens with one attached hydrogen (secondary N) is 3. The van der Waals surface area contributed by atoms with E-state index >= 15 is 0 Å². The summed E-state index contributed by atoms with van der Waals surface area (Å²) in [5.41, 5.74) is -0.978. The van der Waals surface area contributed by atoms with Gasteiger partial charge in [0.25, 0.3) is 0 Å². The lowest BCUT2D eigenvalue weighted by molar-refractivity contribution is -0.140. The van der Waals surface area contributed by atoms with Gasteiger partial charge in [0.1, 0.15) is 28.8 Å². The number of fused-ring (bicyclic) bond motifs is 1. The maximum Gasteiger partial charge on any atom is 0.431 e. The summed E-state index contributed by atoms with van der Waals surface area (Å²) >= 11 is 0. The molecule has 0 bridgehead atoms. The van der Waals surface area contributed by atoms with Crippen LogP contribution in [0.25, 0.3) is 11.0 Å². The van der Waals surface area contributed by atoms with Gasteiger partial charge in [-0.15, -0.1) is 0 Å². The number of aromatic nitrogens is 7. The fourth-order valence-electron chi connectivity index (χ4n) is 2.72. The lowest BCUT2D eigenvalue weighted by atomic mass is 10.3. The Morgan fingerprint density at radius 2 is 1.87 bits per heavy atom. The molecule has 0 fully saturated rings. The standard InChI is InChI=1S/C17H15F4N9/c1-8(13-22-4-9(18)5-23-13)25-16-28-14-10(3-11(26-14)17(19,20)21)15(29-16)27-12-6-30(2)7-24-12/h3-8H,1-2H3,(H3,25,26,27,28,29). The van der Waals surface area contributed by atoms with E-state index in [4.69, 9.17) is 0 Å². The van der Waals surface area contributed by atoms with Gasteiger partial charge in [0.2, 0.25) is 5.95 Å². The van der Waals surface area contributed by atoms with Crippen LogP contribution < -0.4 is 10.6 Å². The molecule has 1 unspecified atom stereocenters. The Morgan fingerprint density at radius 1 is 1.13 bits per heavy atom. The van der Waals surface area contributed by atoms with Crippen molar-refractivity contribution in [3.8, 4) is 0 Å². The number of imidazole rings is 1. The minimum absolute atomic E-state index is 0.0227. The Balaban J connectivity index is 1.72. The van der Waals surface area contributed by atoms with E-state index in [9.17, 15) is 17.6 Å². The van der Waals surface area contributed by atoms with Gasteiger partial charge in [-0.3, -0.25) is 0 Å². The van der Waals surface area contributed by atoms with Crippen LogP contribution in [0.5, 0.6) is 0 Å². The van der Waals surface area contributed by atoms with Gasteiger partial charge in [-0.25, -0.2) is 19.3 Å². The molecule has 0 spiro atoms. The number of anilines is 3. The van der Waals surface area contributed by atoms with Gasteiger partial charge in [0.05, 0.1) is 30.1 Å². The number of aryl methyl sites for hydroxylation is 1. The smallest absolute Gasteiger partial charge is 0.344 e. The van der Waals surface area contributed by atoms with Crippen molar-refractivity contribution in [3.63, 3.8) is 0 Å². The fraction of sp³-hybridized carbons (Fsp3) is 0.235. The molecule has 0 aliphatic rings. The minimum Gasteiger partial charge on any atom is -0.344 e. The van der Waals surface area contributed by atoms with Crippen molar-refractivity contribution in [2.75, 3.05) is 10.6 Å². The summed E-state index contributed by atoms with van der Waals surface area (Å²) in [4.78, 5) is 22.5. The van der Waals surface area contributed by atoms with Crippen molar-refractivity contribution in [2.45, 2.75) is 19.1 Å². The van der Waals surface area contributed by atoms with Crippen molar-refractivity contribution in [3.05, 3.63) is 48.3 Å². The second-order valence-electron chi connectivity index (χ2n) is 6.51. The van der Waals surface area contributed by atoms with Gasteiger partial charge in [0.15, 0.2) is 5.82 Å². The zero-order chi connectivity index (χ0) is 21.5. The number of rotatable bonds is 5. The van der Waals surface area contributed by atoms with Crippen molar-refractivity contribution in [2.24, 2.45) is 7.05 Å². The number of hydrogen-bond donors (Lipinski definition) is 3. The number of hydrogen-bond acceptors (Lipinski definition) is 7. The number of aromatic amines is 1. The monoisotopic (exact) mass is 421 g/mol. The van der Waals surface area contributed by atoms with Crippen LogP contribution in [0.1, 0.15) is 24.5 Å². The van der Waals surface area contributed by atoms with Crippen LogP contribution in [0.15, 0.2) is 31.0 Å². The molecule has 156 valence electrons. The molecule has 0 aromatic carbocycles. The van der Waals surface area contributed by atoms with Gasteiger partial charge in [0, 0.05) is 13.2 Å². The molecule has 4 rings (SSSR count). The average molecular weight is 421 g/mol. The fourth-order valence-corrected chi connectivity index (χ4v) is 2.72. The van der Waals surface area contributed by atoms with E-state index in [0.717, 1.165) is 18.5 Å². The highest BCUT2D eigenvalue weighted by molar-refractivity contribution is 5.90. The van der Waals surface area contributed by atoms with Crippen LogP contribution in [0, 0.1) is 5.82 Å². The first-order valence-corrected chi connectivity index (χ1v) is 8.66. The van der Waals surface area contributed by atoms with E-state index in [0.29, 0.717) is 5.82 Å². The van der Waals surface area contributed by atoms with E-state index in [1.54, 1.807) is 24.7 Å². The van der Waals surface area contributed by atoms with Crippen molar-refractivity contribution < 1.29 is 17.6 Å². The molecule has 0 aliphatic carbocycles. The first-order chi connectivity index (χ1) is 14.2. The van der Waals surface area contributed by atoms with E-state index in [2.05, 4.69) is 40.5 Å². The topological polar surface area (TPSA) is 109 Å². The molecule has 0 saturated carbocycles. The van der Waals surface area contributed by atoms with Crippen LogP contribution >= 0.6 is 0 Å². The Bertz CT molecular complexity index is 1180. The molecular weight excluding hydrogens is 406 g/mol. The van der Waals surface area contributed by atoms with Crippen LogP contribution in [0.3, 0.4) is 0 Å². The summed E-state index contributed by atoms with van der Waals surface area (Å²) in [6.07, 6.45) is 0.629. The summed E-state index contributed by atoms with van der Waals surface area (Å²) < 4.78 is 54.2. The van der Waals surface area contributed by atoms with E-state index in [1.807, 2.05) is 0 Å². The van der Waals surface area contributed by atoms with Gasteiger partial charge in [-0.1, -0.05) is 0 Å². The van der Waals surface area contributed by atoms with Gasteiger partial charge < -0.3 is 20.2 Å².